The van der Waals surface area contributed by atoms with Crippen LogP contribution < -0.4 is 14.8 Å². The van der Waals surface area contributed by atoms with Crippen molar-refractivity contribution in [3.8, 4) is 22.3 Å². The Balaban J connectivity index is 1.31. The van der Waals surface area contributed by atoms with Crippen LogP contribution in [0.3, 0.4) is 0 Å². The van der Waals surface area contributed by atoms with Gasteiger partial charge in [-0.3, -0.25) is 10.3 Å². The van der Waals surface area contributed by atoms with Crippen molar-refractivity contribution in [2.24, 2.45) is 0 Å². The summed E-state index contributed by atoms with van der Waals surface area (Å²) in [4.78, 5) is 34.8. The second-order valence-electron chi connectivity index (χ2n) is 9.42. The van der Waals surface area contributed by atoms with Crippen LogP contribution in [0.1, 0.15) is 38.1 Å². The van der Waals surface area contributed by atoms with Gasteiger partial charge < -0.3 is 19.3 Å². The van der Waals surface area contributed by atoms with Gasteiger partial charge in [-0.1, -0.05) is 11.3 Å². The molecule has 0 bridgehead atoms. The number of fused-ring (bicyclic) bond motifs is 2. The molecule has 0 spiro atoms. The van der Waals surface area contributed by atoms with Crippen molar-refractivity contribution in [3.05, 3.63) is 59.8 Å². The van der Waals surface area contributed by atoms with Gasteiger partial charge in [0.15, 0.2) is 5.82 Å². The van der Waals surface area contributed by atoms with Crippen molar-refractivity contribution in [2.75, 3.05) is 12.4 Å². The third-order valence-electron chi connectivity index (χ3n) is 6.23. The maximum Gasteiger partial charge on any atom is 0.412 e. The highest BCUT2D eigenvalue weighted by molar-refractivity contribution is 7.21. The first-order chi connectivity index (χ1) is 19.6. The van der Waals surface area contributed by atoms with Gasteiger partial charge in [-0.05, 0) is 57.5 Å². The molecular formula is C28H27FN6O5S. The second-order valence-corrected chi connectivity index (χ2v) is 10.4. The number of nitrogens with one attached hydrogen (secondary N) is 1. The minimum Gasteiger partial charge on any atom is -0.480 e. The molecule has 13 heteroatoms. The van der Waals surface area contributed by atoms with Crippen LogP contribution in [0.5, 0.6) is 11.8 Å². The highest BCUT2D eigenvalue weighted by atomic mass is 32.1. The number of methoxy groups -OCH3 is 1. The molecule has 4 heterocycles. The number of anilines is 1. The van der Waals surface area contributed by atoms with Crippen molar-refractivity contribution in [2.45, 2.75) is 46.0 Å². The first-order valence-corrected chi connectivity index (χ1v) is 13.5. The summed E-state index contributed by atoms with van der Waals surface area (Å²) in [6.45, 7) is 6.80. The van der Waals surface area contributed by atoms with Gasteiger partial charge in [-0.25, -0.2) is 24.1 Å². The lowest BCUT2D eigenvalue weighted by molar-refractivity contribution is 0.0379. The molecular weight excluding hydrogens is 551 g/mol. The summed E-state index contributed by atoms with van der Waals surface area (Å²) in [5.41, 5.74) is 4.24. The van der Waals surface area contributed by atoms with E-state index in [9.17, 15) is 14.3 Å². The number of hydrogen-bond donors (Lipinski definition) is 2. The van der Waals surface area contributed by atoms with E-state index >= 15 is 0 Å². The molecule has 1 aromatic carbocycles. The summed E-state index contributed by atoms with van der Waals surface area (Å²) < 4.78 is 31.3. The smallest absolute Gasteiger partial charge is 0.412 e. The molecule has 11 nitrogen and oxygen atoms in total. The van der Waals surface area contributed by atoms with Crippen molar-refractivity contribution >= 4 is 44.5 Å². The Kier molecular flexibility index (Phi) is 7.90. The van der Waals surface area contributed by atoms with E-state index < -0.39 is 30.2 Å². The van der Waals surface area contributed by atoms with Gasteiger partial charge in [-0.15, -0.1) is 0 Å². The van der Waals surface area contributed by atoms with E-state index in [1.807, 2.05) is 19.1 Å². The van der Waals surface area contributed by atoms with Gasteiger partial charge in [-0.2, -0.15) is 4.98 Å². The van der Waals surface area contributed by atoms with Crippen LogP contribution in [0.4, 0.5) is 14.9 Å². The summed E-state index contributed by atoms with van der Waals surface area (Å²) in [5, 5.41) is 12.7. The first kappa shape index (κ1) is 28.1. The third kappa shape index (κ3) is 6.15. The normalized spacial score (nSPS) is 13.5. The fraction of sp³-hybridized carbons (Fsp3) is 0.286. The Labute approximate surface area is 238 Å². The average Bonchev–Trinajstić information content (AvgIpc) is 3.34. The number of amides is 1. The number of nitrogens with zero attached hydrogens (tertiary/aromatic N) is 5. The second kappa shape index (κ2) is 11.6. The molecule has 212 valence electrons. The summed E-state index contributed by atoms with van der Waals surface area (Å²) >= 11 is 1.27. The third-order valence-corrected chi connectivity index (χ3v) is 7.22. The molecule has 5 aromatic rings. The maximum absolute atomic E-state index is 15.0. The predicted octanol–water partition coefficient (Wildman–Crippen LogP) is 5.61. The monoisotopic (exact) mass is 578 g/mol. The van der Waals surface area contributed by atoms with Gasteiger partial charge in [0.05, 0.1) is 48.0 Å². The van der Waals surface area contributed by atoms with Crippen molar-refractivity contribution in [1.29, 1.82) is 0 Å². The zero-order valence-electron chi connectivity index (χ0n) is 22.9. The number of rotatable bonds is 8. The molecule has 0 saturated heterocycles. The van der Waals surface area contributed by atoms with Crippen LogP contribution in [0.25, 0.3) is 32.0 Å². The van der Waals surface area contributed by atoms with Gasteiger partial charge in [0.25, 0.3) is 5.88 Å². The van der Waals surface area contributed by atoms with E-state index in [1.54, 1.807) is 32.9 Å². The van der Waals surface area contributed by atoms with Crippen molar-refractivity contribution in [3.63, 3.8) is 0 Å². The van der Waals surface area contributed by atoms with Crippen LogP contribution in [-0.2, 0) is 4.74 Å². The highest BCUT2D eigenvalue weighted by Gasteiger charge is 2.23. The van der Waals surface area contributed by atoms with E-state index in [1.165, 1.54) is 36.9 Å². The molecule has 3 atom stereocenters. The topological polar surface area (TPSA) is 141 Å². The molecule has 2 N–H and O–H groups in total. The molecule has 4 aromatic heterocycles. The molecule has 1 unspecified atom stereocenters. The van der Waals surface area contributed by atoms with E-state index in [-0.39, 0.29) is 5.88 Å². The Morgan fingerprint density at radius 3 is 2.54 bits per heavy atom. The number of ether oxygens (including phenoxy) is 3. The number of aliphatic hydroxyl groups is 1. The highest BCUT2D eigenvalue weighted by Crippen LogP contribution is 2.35. The van der Waals surface area contributed by atoms with Crippen molar-refractivity contribution in [1.82, 2.24) is 24.9 Å². The zero-order valence-corrected chi connectivity index (χ0v) is 23.7. The maximum atomic E-state index is 15.0. The summed E-state index contributed by atoms with van der Waals surface area (Å²) in [7, 11) is 1.53. The first-order valence-electron chi connectivity index (χ1n) is 12.7. The number of halogens is 1. The molecule has 0 fully saturated rings. The molecule has 41 heavy (non-hydrogen) atoms. The predicted molar refractivity (Wildman–Crippen MR) is 152 cm³/mol. The van der Waals surface area contributed by atoms with E-state index in [0.717, 1.165) is 11.1 Å². The van der Waals surface area contributed by atoms with Crippen LogP contribution in [0, 0.1) is 12.7 Å². The SMILES string of the molecule is COc1cnc2c(-c3nc4cc(F)c(O[C@@H](C)[C@@H](C)OC(=O)Nc5ccc(C(C)O)nc5)nc4s3)cc(C)cc2n1. The van der Waals surface area contributed by atoms with Gasteiger partial charge in [0.1, 0.15) is 27.6 Å². The van der Waals surface area contributed by atoms with Gasteiger partial charge in [0, 0.05) is 11.6 Å². The lowest BCUT2D eigenvalue weighted by Crippen LogP contribution is -2.33. The van der Waals surface area contributed by atoms with Gasteiger partial charge in [0.2, 0.25) is 5.88 Å². The summed E-state index contributed by atoms with van der Waals surface area (Å²) in [6, 6.07) is 8.30. The van der Waals surface area contributed by atoms with E-state index in [2.05, 4.69) is 30.2 Å². The Hall–Kier alpha value is -4.49. The molecule has 5 rings (SSSR count). The average molecular weight is 579 g/mol. The molecule has 0 aliphatic rings. The number of hydrogen-bond acceptors (Lipinski definition) is 11. The standard InChI is InChI=1S/C28H27FN6O5S/c1-13-8-18(24-21(9-13)33-23(38-5)12-31-24)26-34-22-10-19(29)25(35-27(22)41-26)39-15(3)16(4)40-28(37)32-17-6-7-20(14(2)36)30-11-17/h6-12,14-16,36H,1-5H3,(H,32,37)/t14?,15-,16+/m0/s1. The van der Waals surface area contributed by atoms with Crippen LogP contribution in [0.15, 0.2) is 42.7 Å². The van der Waals surface area contributed by atoms with E-state index in [0.29, 0.717) is 43.6 Å². The number of aromatic nitrogens is 5. The summed E-state index contributed by atoms with van der Waals surface area (Å²) in [5.74, 6) is -0.523. The Morgan fingerprint density at radius 1 is 1.02 bits per heavy atom. The number of pyridine rings is 2. The number of benzene rings is 1. The van der Waals surface area contributed by atoms with E-state index in [4.69, 9.17) is 14.2 Å². The minimum absolute atomic E-state index is 0.229. The lowest BCUT2D eigenvalue weighted by Gasteiger charge is -2.21. The van der Waals surface area contributed by atoms with Crippen LogP contribution in [-0.4, -0.2) is 55.4 Å². The molecule has 0 radical (unpaired) electrons. The number of carbonyl (C=O) groups excluding carboxylic acids is 1. The Morgan fingerprint density at radius 2 is 1.83 bits per heavy atom. The quantitative estimate of drug-likeness (QED) is 0.239. The number of aryl methyl sites for hydroxylation is 1. The zero-order chi connectivity index (χ0) is 29.3. The molecule has 0 aliphatic carbocycles. The largest absolute Gasteiger partial charge is 0.480 e. The molecule has 0 aliphatic heterocycles. The van der Waals surface area contributed by atoms with Crippen LogP contribution in [0.2, 0.25) is 0 Å². The number of carbonyl (C=O) groups is 1. The molecule has 1 amide bonds. The lowest BCUT2D eigenvalue weighted by atomic mass is 10.1. The fourth-order valence-corrected chi connectivity index (χ4v) is 4.87. The molecule has 0 saturated carbocycles. The number of aliphatic hydroxyl groups excluding tert-OH is 1. The number of thiazole rings is 1. The van der Waals surface area contributed by atoms with Crippen molar-refractivity contribution < 1.29 is 28.5 Å². The summed E-state index contributed by atoms with van der Waals surface area (Å²) in [6.07, 6.45) is 0.0150. The van der Waals surface area contributed by atoms with Gasteiger partial charge >= 0.3 is 6.09 Å². The Bertz CT molecular complexity index is 1730. The minimum atomic E-state index is -0.747. The fourth-order valence-electron chi connectivity index (χ4n) is 3.94. The van der Waals surface area contributed by atoms with Crippen LogP contribution >= 0.6 is 11.3 Å².